The minimum absolute atomic E-state index is 0.738. The lowest BCUT2D eigenvalue weighted by molar-refractivity contribution is 0.280. The van der Waals surface area contributed by atoms with Gasteiger partial charge in [-0.3, -0.25) is 0 Å². The lowest BCUT2D eigenvalue weighted by Crippen LogP contribution is -2.15. The third kappa shape index (κ3) is 3.74. The standard InChI is InChI=1S/C13H22N2O/c1-10-8-11(2)13(9-12(10)14)16-7-5-6-15(3)4/h8-9H,5-7,14H2,1-4H3. The van der Waals surface area contributed by atoms with Gasteiger partial charge in [0.2, 0.25) is 0 Å². The Bertz CT molecular complexity index is 348. The van der Waals surface area contributed by atoms with Crippen LogP contribution in [0.4, 0.5) is 5.69 Å². The third-order valence-electron chi connectivity index (χ3n) is 2.57. The number of nitrogens with zero attached hydrogens (tertiary/aromatic N) is 1. The second-order valence-corrected chi connectivity index (χ2v) is 4.48. The molecule has 3 heteroatoms. The molecular formula is C13H22N2O. The average Bonchev–Trinajstić information content (AvgIpc) is 2.19. The predicted molar refractivity (Wildman–Crippen MR) is 69.0 cm³/mol. The molecule has 0 aliphatic carbocycles. The molecule has 0 saturated carbocycles. The highest BCUT2D eigenvalue weighted by Crippen LogP contribution is 2.24. The minimum atomic E-state index is 0.738. The second-order valence-electron chi connectivity index (χ2n) is 4.48. The summed E-state index contributed by atoms with van der Waals surface area (Å²) in [4.78, 5) is 2.15. The van der Waals surface area contributed by atoms with Crippen LogP contribution in [0, 0.1) is 13.8 Å². The Kier molecular flexibility index (Phi) is 4.62. The monoisotopic (exact) mass is 222 g/mol. The Morgan fingerprint density at radius 2 is 1.88 bits per heavy atom. The molecular weight excluding hydrogens is 200 g/mol. The third-order valence-corrected chi connectivity index (χ3v) is 2.57. The molecule has 0 bridgehead atoms. The number of nitrogen functional groups attached to an aromatic ring is 1. The number of nitrogens with two attached hydrogens (primary N) is 1. The van der Waals surface area contributed by atoms with Gasteiger partial charge in [-0.25, -0.2) is 0 Å². The van der Waals surface area contributed by atoms with Crippen LogP contribution in [-0.4, -0.2) is 32.1 Å². The van der Waals surface area contributed by atoms with E-state index < -0.39 is 0 Å². The molecule has 0 atom stereocenters. The van der Waals surface area contributed by atoms with E-state index in [0.717, 1.165) is 42.1 Å². The first-order valence-electron chi connectivity index (χ1n) is 5.65. The number of hydrogen-bond acceptors (Lipinski definition) is 3. The van der Waals surface area contributed by atoms with Crippen LogP contribution in [0.25, 0.3) is 0 Å². The maximum atomic E-state index is 5.85. The van der Waals surface area contributed by atoms with Gasteiger partial charge in [-0.15, -0.1) is 0 Å². The van der Waals surface area contributed by atoms with Gasteiger partial charge in [-0.1, -0.05) is 6.07 Å². The zero-order valence-corrected chi connectivity index (χ0v) is 10.7. The molecule has 3 nitrogen and oxygen atoms in total. The molecule has 90 valence electrons. The van der Waals surface area contributed by atoms with Gasteiger partial charge < -0.3 is 15.4 Å². The smallest absolute Gasteiger partial charge is 0.124 e. The minimum Gasteiger partial charge on any atom is -0.493 e. The largest absolute Gasteiger partial charge is 0.493 e. The van der Waals surface area contributed by atoms with E-state index in [1.165, 1.54) is 0 Å². The quantitative estimate of drug-likeness (QED) is 0.613. The summed E-state index contributed by atoms with van der Waals surface area (Å²) in [5.74, 6) is 0.904. The fourth-order valence-electron chi connectivity index (χ4n) is 1.57. The highest BCUT2D eigenvalue weighted by molar-refractivity contribution is 5.54. The van der Waals surface area contributed by atoms with Gasteiger partial charge in [-0.2, -0.15) is 0 Å². The highest BCUT2D eigenvalue weighted by Gasteiger charge is 2.03. The molecule has 0 saturated heterocycles. The van der Waals surface area contributed by atoms with Crippen LogP contribution in [-0.2, 0) is 0 Å². The number of benzene rings is 1. The first-order chi connectivity index (χ1) is 7.50. The lowest BCUT2D eigenvalue weighted by Gasteiger charge is -2.13. The van der Waals surface area contributed by atoms with Crippen LogP contribution in [0.2, 0.25) is 0 Å². The summed E-state index contributed by atoms with van der Waals surface area (Å²) < 4.78 is 5.72. The van der Waals surface area contributed by atoms with Crippen LogP contribution in [0.3, 0.4) is 0 Å². The summed E-state index contributed by atoms with van der Waals surface area (Å²) >= 11 is 0. The summed E-state index contributed by atoms with van der Waals surface area (Å²) in [7, 11) is 4.13. The van der Waals surface area contributed by atoms with E-state index in [1.54, 1.807) is 0 Å². The van der Waals surface area contributed by atoms with E-state index in [4.69, 9.17) is 10.5 Å². The van der Waals surface area contributed by atoms with Crippen molar-refractivity contribution in [3.8, 4) is 5.75 Å². The molecule has 16 heavy (non-hydrogen) atoms. The van der Waals surface area contributed by atoms with Crippen molar-refractivity contribution in [2.75, 3.05) is 33.0 Å². The van der Waals surface area contributed by atoms with Crippen molar-refractivity contribution >= 4 is 5.69 Å². The van der Waals surface area contributed by atoms with Gasteiger partial charge in [0.15, 0.2) is 0 Å². The Balaban J connectivity index is 2.51. The molecule has 1 rings (SSSR count). The zero-order valence-electron chi connectivity index (χ0n) is 10.7. The molecule has 0 radical (unpaired) electrons. The second kappa shape index (κ2) is 5.75. The van der Waals surface area contributed by atoms with Gasteiger partial charge >= 0.3 is 0 Å². The Hall–Kier alpha value is -1.22. The Morgan fingerprint density at radius 3 is 2.50 bits per heavy atom. The number of hydrogen-bond donors (Lipinski definition) is 1. The van der Waals surface area contributed by atoms with Crippen molar-refractivity contribution in [1.29, 1.82) is 0 Å². The highest BCUT2D eigenvalue weighted by atomic mass is 16.5. The fraction of sp³-hybridized carbons (Fsp3) is 0.538. The summed E-state index contributed by atoms with van der Waals surface area (Å²) in [6.45, 7) is 5.84. The van der Waals surface area contributed by atoms with Crippen molar-refractivity contribution in [3.05, 3.63) is 23.3 Å². The normalized spacial score (nSPS) is 10.8. The van der Waals surface area contributed by atoms with Crippen LogP contribution in [0.1, 0.15) is 17.5 Å². The van der Waals surface area contributed by atoms with Gasteiger partial charge in [0.25, 0.3) is 0 Å². The van der Waals surface area contributed by atoms with Gasteiger partial charge in [0, 0.05) is 18.3 Å². The number of aryl methyl sites for hydroxylation is 2. The van der Waals surface area contributed by atoms with E-state index in [-0.39, 0.29) is 0 Å². The van der Waals surface area contributed by atoms with Crippen molar-refractivity contribution in [2.45, 2.75) is 20.3 Å². The van der Waals surface area contributed by atoms with Gasteiger partial charge in [0.05, 0.1) is 6.61 Å². The van der Waals surface area contributed by atoms with E-state index in [9.17, 15) is 0 Å². The number of anilines is 1. The molecule has 0 spiro atoms. The molecule has 0 fully saturated rings. The molecule has 0 aliphatic heterocycles. The van der Waals surface area contributed by atoms with Crippen LogP contribution < -0.4 is 10.5 Å². The molecule has 2 N–H and O–H groups in total. The average molecular weight is 222 g/mol. The van der Waals surface area contributed by atoms with Crippen molar-refractivity contribution in [3.63, 3.8) is 0 Å². The topological polar surface area (TPSA) is 38.5 Å². The molecule has 0 aromatic heterocycles. The number of rotatable bonds is 5. The first kappa shape index (κ1) is 12.8. The van der Waals surface area contributed by atoms with Gasteiger partial charge in [-0.05, 0) is 45.5 Å². The zero-order chi connectivity index (χ0) is 12.1. The van der Waals surface area contributed by atoms with Crippen molar-refractivity contribution in [2.24, 2.45) is 0 Å². The van der Waals surface area contributed by atoms with E-state index in [0.29, 0.717) is 0 Å². The molecule has 1 aromatic rings. The molecule has 1 aromatic carbocycles. The Morgan fingerprint density at radius 1 is 1.19 bits per heavy atom. The van der Waals surface area contributed by atoms with Gasteiger partial charge in [0.1, 0.15) is 5.75 Å². The number of ether oxygens (including phenoxy) is 1. The molecule has 0 amide bonds. The summed E-state index contributed by atoms with van der Waals surface area (Å²) in [6.07, 6.45) is 1.03. The maximum Gasteiger partial charge on any atom is 0.124 e. The lowest BCUT2D eigenvalue weighted by atomic mass is 10.1. The predicted octanol–water partition coefficient (Wildman–Crippen LogP) is 2.22. The van der Waals surface area contributed by atoms with Crippen molar-refractivity contribution < 1.29 is 4.74 Å². The van der Waals surface area contributed by atoms with Crippen LogP contribution >= 0.6 is 0 Å². The molecule has 0 heterocycles. The maximum absolute atomic E-state index is 5.85. The first-order valence-corrected chi connectivity index (χ1v) is 5.65. The summed E-state index contributed by atoms with van der Waals surface area (Å²) in [6, 6.07) is 3.98. The van der Waals surface area contributed by atoms with Crippen LogP contribution in [0.15, 0.2) is 12.1 Å². The van der Waals surface area contributed by atoms with E-state index in [2.05, 4.69) is 25.1 Å². The fourth-order valence-corrected chi connectivity index (χ4v) is 1.57. The summed E-state index contributed by atoms with van der Waals surface area (Å²) in [5, 5.41) is 0. The van der Waals surface area contributed by atoms with Crippen LogP contribution in [0.5, 0.6) is 5.75 Å². The van der Waals surface area contributed by atoms with Crippen molar-refractivity contribution in [1.82, 2.24) is 4.90 Å². The van der Waals surface area contributed by atoms with E-state index in [1.807, 2.05) is 19.9 Å². The molecule has 0 aliphatic rings. The van der Waals surface area contributed by atoms with E-state index >= 15 is 0 Å². The Labute approximate surface area is 98.2 Å². The SMILES string of the molecule is Cc1cc(C)c(OCCCN(C)C)cc1N. The molecule has 0 unspecified atom stereocenters. The summed E-state index contributed by atoms with van der Waals surface area (Å²) in [5.41, 5.74) is 8.91.